The van der Waals surface area contributed by atoms with Crippen LogP contribution in [-0.4, -0.2) is 43.0 Å². The highest BCUT2D eigenvalue weighted by Gasteiger charge is 2.44. The van der Waals surface area contributed by atoms with Crippen molar-refractivity contribution in [3.63, 3.8) is 0 Å². The van der Waals surface area contributed by atoms with E-state index in [1.807, 2.05) is 6.07 Å². The van der Waals surface area contributed by atoms with Gasteiger partial charge in [0.1, 0.15) is 6.04 Å². The standard InChI is InChI=1S/C20H14N4O6S/c21-10-11-1-4-13(5-2-11)31(29,30)23-12-3-6-14-15(9-12)20(28)24(19(14)27)16-7-8-17(25)22-18(16)26/h1-6,9,16,23H,7-8H2,(H,22,25,26). The van der Waals surface area contributed by atoms with Gasteiger partial charge in [-0.25, -0.2) is 8.42 Å². The fourth-order valence-corrected chi connectivity index (χ4v) is 4.51. The first-order valence-electron chi connectivity index (χ1n) is 9.10. The van der Waals surface area contributed by atoms with Crippen molar-refractivity contribution in [3.05, 3.63) is 59.2 Å². The Morgan fingerprint density at radius 2 is 1.68 bits per heavy atom. The Kier molecular flexibility index (Phi) is 4.79. The summed E-state index contributed by atoms with van der Waals surface area (Å²) in [7, 11) is -4.01. The van der Waals surface area contributed by atoms with Crippen LogP contribution in [0, 0.1) is 11.3 Å². The predicted molar refractivity (Wildman–Crippen MR) is 105 cm³/mol. The molecule has 2 aromatic carbocycles. The van der Waals surface area contributed by atoms with Crippen LogP contribution in [0.25, 0.3) is 0 Å². The van der Waals surface area contributed by atoms with Gasteiger partial charge in [-0.1, -0.05) is 0 Å². The van der Waals surface area contributed by atoms with Crippen molar-refractivity contribution in [1.29, 1.82) is 5.26 Å². The third-order valence-corrected chi connectivity index (χ3v) is 6.38. The van der Waals surface area contributed by atoms with Crippen molar-refractivity contribution >= 4 is 39.3 Å². The molecule has 0 saturated carbocycles. The third-order valence-electron chi connectivity index (χ3n) is 4.99. The number of rotatable bonds is 4. The second kappa shape index (κ2) is 7.33. The van der Waals surface area contributed by atoms with Gasteiger partial charge in [0.2, 0.25) is 11.8 Å². The first-order valence-corrected chi connectivity index (χ1v) is 10.6. The van der Waals surface area contributed by atoms with Crippen molar-refractivity contribution in [3.8, 4) is 6.07 Å². The summed E-state index contributed by atoms with van der Waals surface area (Å²) in [6.45, 7) is 0. The molecule has 0 aromatic heterocycles. The van der Waals surface area contributed by atoms with E-state index in [-0.39, 0.29) is 34.6 Å². The Hall–Kier alpha value is -4.04. The monoisotopic (exact) mass is 438 g/mol. The molecule has 4 amide bonds. The first kappa shape index (κ1) is 20.2. The number of nitrogens with one attached hydrogen (secondary N) is 2. The second-order valence-corrected chi connectivity index (χ2v) is 8.63. The molecule has 0 radical (unpaired) electrons. The maximum Gasteiger partial charge on any atom is 0.262 e. The van der Waals surface area contributed by atoms with E-state index in [0.717, 1.165) is 4.90 Å². The molecule has 0 aliphatic carbocycles. The largest absolute Gasteiger partial charge is 0.295 e. The van der Waals surface area contributed by atoms with Crippen molar-refractivity contribution in [1.82, 2.24) is 10.2 Å². The zero-order valence-electron chi connectivity index (χ0n) is 15.8. The molecule has 0 bridgehead atoms. The number of sulfonamides is 1. The van der Waals surface area contributed by atoms with Crippen molar-refractivity contribution in [2.75, 3.05) is 4.72 Å². The van der Waals surface area contributed by atoms with Crippen LogP contribution in [0.1, 0.15) is 39.1 Å². The fraction of sp³-hybridized carbons (Fsp3) is 0.150. The van der Waals surface area contributed by atoms with Gasteiger partial charge in [-0.05, 0) is 48.9 Å². The van der Waals surface area contributed by atoms with Crippen LogP contribution in [0.5, 0.6) is 0 Å². The van der Waals surface area contributed by atoms with Gasteiger partial charge >= 0.3 is 0 Å². The van der Waals surface area contributed by atoms with Crippen LogP contribution in [0.2, 0.25) is 0 Å². The maximum absolute atomic E-state index is 12.8. The molecule has 1 unspecified atom stereocenters. The van der Waals surface area contributed by atoms with Crippen LogP contribution in [0.4, 0.5) is 5.69 Å². The maximum atomic E-state index is 12.8. The highest BCUT2D eigenvalue weighted by molar-refractivity contribution is 7.92. The quantitative estimate of drug-likeness (QED) is 0.668. The number of carbonyl (C=O) groups is 4. The zero-order valence-corrected chi connectivity index (χ0v) is 16.6. The molecule has 31 heavy (non-hydrogen) atoms. The van der Waals surface area contributed by atoms with Crippen molar-refractivity contribution in [2.24, 2.45) is 0 Å². The average molecular weight is 438 g/mol. The number of fused-ring (bicyclic) bond motifs is 1. The minimum absolute atomic E-state index is 0.000543. The summed E-state index contributed by atoms with van der Waals surface area (Å²) in [4.78, 5) is 49.7. The number of imide groups is 2. The summed E-state index contributed by atoms with van der Waals surface area (Å²) in [5.41, 5.74) is 0.342. The first-order chi connectivity index (χ1) is 14.7. The summed E-state index contributed by atoms with van der Waals surface area (Å²) in [5.74, 6) is -2.63. The minimum Gasteiger partial charge on any atom is -0.295 e. The Morgan fingerprint density at radius 1 is 1.00 bits per heavy atom. The minimum atomic E-state index is -4.01. The number of piperidine rings is 1. The molecular formula is C20H14N4O6S. The lowest BCUT2D eigenvalue weighted by atomic mass is 10.0. The molecule has 2 heterocycles. The van der Waals surface area contributed by atoms with Gasteiger partial charge in [-0.2, -0.15) is 5.26 Å². The lowest BCUT2D eigenvalue weighted by molar-refractivity contribution is -0.136. The van der Waals surface area contributed by atoms with Gasteiger partial charge in [0.25, 0.3) is 21.8 Å². The lowest BCUT2D eigenvalue weighted by Gasteiger charge is -2.27. The molecule has 1 fully saturated rings. The normalized spacial score (nSPS) is 18.4. The molecular weight excluding hydrogens is 424 g/mol. The topological polar surface area (TPSA) is 154 Å². The predicted octanol–water partition coefficient (Wildman–Crippen LogP) is 0.760. The zero-order chi connectivity index (χ0) is 22.3. The smallest absolute Gasteiger partial charge is 0.262 e. The van der Waals surface area contributed by atoms with Crippen LogP contribution in [-0.2, 0) is 19.6 Å². The summed E-state index contributed by atoms with van der Waals surface area (Å²) >= 11 is 0. The molecule has 2 N–H and O–H groups in total. The number of nitriles is 1. The van der Waals surface area contributed by atoms with Gasteiger partial charge in [-0.3, -0.25) is 34.1 Å². The molecule has 4 rings (SSSR count). The number of anilines is 1. The average Bonchev–Trinajstić information content (AvgIpc) is 2.98. The molecule has 11 heteroatoms. The van der Waals surface area contributed by atoms with Gasteiger partial charge < -0.3 is 0 Å². The molecule has 2 aromatic rings. The van der Waals surface area contributed by atoms with E-state index in [9.17, 15) is 27.6 Å². The summed E-state index contributed by atoms with van der Waals surface area (Å²) in [6.07, 6.45) is 0.0216. The SMILES string of the molecule is N#Cc1ccc(S(=O)(=O)Nc2ccc3c(c2)C(=O)N(C2CCC(=O)NC2=O)C3=O)cc1. The Balaban J connectivity index is 1.60. The number of hydrogen-bond acceptors (Lipinski definition) is 7. The number of hydrogen-bond donors (Lipinski definition) is 2. The van der Waals surface area contributed by atoms with Gasteiger partial charge in [0.15, 0.2) is 0 Å². The lowest BCUT2D eigenvalue weighted by Crippen LogP contribution is -2.54. The van der Waals surface area contributed by atoms with E-state index in [1.165, 1.54) is 42.5 Å². The van der Waals surface area contributed by atoms with Crippen LogP contribution >= 0.6 is 0 Å². The van der Waals surface area contributed by atoms with Crippen molar-refractivity contribution < 1.29 is 27.6 Å². The summed E-state index contributed by atoms with van der Waals surface area (Å²) in [5, 5.41) is 10.9. The Labute approximate surface area is 176 Å². The van der Waals surface area contributed by atoms with Gasteiger partial charge in [0, 0.05) is 12.1 Å². The van der Waals surface area contributed by atoms with E-state index >= 15 is 0 Å². The number of nitrogens with zero attached hydrogens (tertiary/aromatic N) is 2. The fourth-order valence-electron chi connectivity index (χ4n) is 3.46. The van der Waals surface area contributed by atoms with Crippen LogP contribution in [0.3, 0.4) is 0 Å². The van der Waals surface area contributed by atoms with Crippen LogP contribution in [0.15, 0.2) is 47.4 Å². The molecule has 1 atom stereocenters. The molecule has 10 nitrogen and oxygen atoms in total. The third kappa shape index (κ3) is 3.53. The van der Waals surface area contributed by atoms with E-state index in [0.29, 0.717) is 5.56 Å². The summed E-state index contributed by atoms with van der Waals surface area (Å²) < 4.78 is 27.5. The summed E-state index contributed by atoms with van der Waals surface area (Å²) in [6, 6.07) is 9.91. The molecule has 1 saturated heterocycles. The van der Waals surface area contributed by atoms with E-state index < -0.39 is 39.7 Å². The number of benzene rings is 2. The highest BCUT2D eigenvalue weighted by Crippen LogP contribution is 2.30. The van der Waals surface area contributed by atoms with Gasteiger partial charge in [-0.15, -0.1) is 0 Å². The molecule has 156 valence electrons. The van der Waals surface area contributed by atoms with Gasteiger partial charge in [0.05, 0.1) is 27.7 Å². The second-order valence-electron chi connectivity index (χ2n) is 6.95. The number of carbonyl (C=O) groups excluding carboxylic acids is 4. The van der Waals surface area contributed by atoms with E-state index in [2.05, 4.69) is 10.0 Å². The van der Waals surface area contributed by atoms with Crippen LogP contribution < -0.4 is 10.0 Å². The Morgan fingerprint density at radius 3 is 2.32 bits per heavy atom. The molecule has 2 aliphatic heterocycles. The molecule has 2 aliphatic rings. The Bertz CT molecular complexity index is 1290. The van der Waals surface area contributed by atoms with Crippen molar-refractivity contribution in [2.45, 2.75) is 23.8 Å². The molecule has 0 spiro atoms. The van der Waals surface area contributed by atoms with E-state index in [1.54, 1.807) is 0 Å². The number of amides is 4. The highest BCUT2D eigenvalue weighted by atomic mass is 32.2. The van der Waals surface area contributed by atoms with E-state index in [4.69, 9.17) is 5.26 Å².